The normalized spacial score (nSPS) is 13.6. The molecule has 3 atom stereocenters. The molecule has 0 spiro atoms. The molecule has 0 aliphatic rings. The van der Waals surface area contributed by atoms with Gasteiger partial charge in [-0.05, 0) is 110 Å². The number of esters is 1. The van der Waals surface area contributed by atoms with Gasteiger partial charge in [-0.3, -0.25) is 4.79 Å². The summed E-state index contributed by atoms with van der Waals surface area (Å²) in [5.41, 5.74) is 0. The monoisotopic (exact) mass is 766 g/mol. The van der Waals surface area contributed by atoms with E-state index in [2.05, 4.69) is 44.7 Å². The Morgan fingerprint density at radius 2 is 1.02 bits per heavy atom. The fraction of sp³-hybridized carbons (Fsp3) is 0.938. The quantitative estimate of drug-likeness (QED) is 0.0288. The number of hydrogen-bond acceptors (Lipinski definition) is 6. The van der Waals surface area contributed by atoms with Gasteiger partial charge in [0.1, 0.15) is 0 Å². The Morgan fingerprint density at radius 3 is 1.63 bits per heavy atom. The van der Waals surface area contributed by atoms with Gasteiger partial charge in [0.05, 0.1) is 12.5 Å². The maximum Gasteiger partial charge on any atom is 0.308 e. The number of methoxy groups -OCH3 is 1. The maximum absolute atomic E-state index is 12.7. The minimum atomic E-state index is -0.0337. The number of nitrogens with zero attached hydrogens (tertiary/aromatic N) is 1. The van der Waals surface area contributed by atoms with Crippen molar-refractivity contribution in [2.75, 3.05) is 46.6 Å². The molecule has 0 saturated carbocycles. The van der Waals surface area contributed by atoms with Crippen molar-refractivity contribution in [3.8, 4) is 0 Å². The first-order valence-corrected chi connectivity index (χ1v) is 23.9. The van der Waals surface area contributed by atoms with E-state index in [1.54, 1.807) is 0 Å². The predicted octanol–water partition coefficient (Wildman–Crippen LogP) is 13.8. The van der Waals surface area contributed by atoms with Gasteiger partial charge in [-0.1, -0.05) is 149 Å². The molecule has 54 heavy (non-hydrogen) atoms. The fourth-order valence-electron chi connectivity index (χ4n) is 7.57. The number of ether oxygens (including phenoxy) is 3. The molecule has 0 aromatic rings. The minimum Gasteiger partial charge on any atom is -0.465 e. The summed E-state index contributed by atoms with van der Waals surface area (Å²) in [6, 6.07) is 0. The number of aliphatic hydroxyl groups excluding tert-OH is 1. The third-order valence-electron chi connectivity index (χ3n) is 11.2. The van der Waals surface area contributed by atoms with Gasteiger partial charge in [-0.15, -0.1) is 0 Å². The highest BCUT2D eigenvalue weighted by Crippen LogP contribution is 2.24. The summed E-state index contributed by atoms with van der Waals surface area (Å²) in [5.74, 6) is 0.675. The molecule has 322 valence electrons. The zero-order chi connectivity index (χ0) is 39.6. The van der Waals surface area contributed by atoms with E-state index in [4.69, 9.17) is 14.2 Å². The van der Waals surface area contributed by atoms with Crippen LogP contribution in [0.2, 0.25) is 0 Å². The molecule has 6 nitrogen and oxygen atoms in total. The number of carbonyl (C=O) groups excluding carboxylic acids is 1. The lowest BCUT2D eigenvalue weighted by Gasteiger charge is -2.26. The number of allylic oxidation sites excluding steroid dienone is 2. The smallest absolute Gasteiger partial charge is 0.308 e. The van der Waals surface area contributed by atoms with Gasteiger partial charge in [-0.2, -0.15) is 0 Å². The van der Waals surface area contributed by atoms with Crippen LogP contribution in [-0.2, 0) is 19.0 Å². The molecular formula is C48H95NO5. The SMILES string of the molecule is CCCCCCC(CCCC)C(=O)OCCC/C=C\CCCCN(CCCCCO)CCCCCCCCCO[C@@H](OC)C(CCCC)CCCCCC. The highest BCUT2D eigenvalue weighted by molar-refractivity contribution is 5.72. The summed E-state index contributed by atoms with van der Waals surface area (Å²) < 4.78 is 17.8. The van der Waals surface area contributed by atoms with Gasteiger partial charge >= 0.3 is 5.97 Å². The predicted molar refractivity (Wildman–Crippen MR) is 233 cm³/mol. The topological polar surface area (TPSA) is 68.2 Å². The molecule has 1 N–H and O–H groups in total. The van der Waals surface area contributed by atoms with E-state index in [-0.39, 0.29) is 18.2 Å². The average Bonchev–Trinajstić information content (AvgIpc) is 3.18. The summed E-state index contributed by atoms with van der Waals surface area (Å²) in [4.78, 5) is 15.3. The summed E-state index contributed by atoms with van der Waals surface area (Å²) >= 11 is 0. The molecule has 0 rings (SSSR count). The Bertz CT molecular complexity index is 776. The highest BCUT2D eigenvalue weighted by Gasteiger charge is 2.21. The van der Waals surface area contributed by atoms with E-state index in [1.807, 2.05) is 7.11 Å². The molecule has 0 bridgehead atoms. The van der Waals surface area contributed by atoms with Gasteiger partial charge in [0.2, 0.25) is 0 Å². The van der Waals surface area contributed by atoms with Crippen LogP contribution >= 0.6 is 0 Å². The van der Waals surface area contributed by atoms with Gasteiger partial charge in [-0.25, -0.2) is 0 Å². The Balaban J connectivity index is 4.18. The Labute approximate surface area is 337 Å². The summed E-state index contributed by atoms with van der Waals surface area (Å²) in [5, 5.41) is 9.21. The first-order valence-electron chi connectivity index (χ1n) is 23.9. The zero-order valence-corrected chi connectivity index (χ0v) is 37.1. The van der Waals surface area contributed by atoms with Crippen LogP contribution in [0.3, 0.4) is 0 Å². The first-order chi connectivity index (χ1) is 26.6. The van der Waals surface area contributed by atoms with Crippen molar-refractivity contribution < 1.29 is 24.1 Å². The molecule has 0 radical (unpaired) electrons. The number of carbonyl (C=O) groups is 1. The van der Waals surface area contributed by atoms with E-state index >= 15 is 0 Å². The van der Waals surface area contributed by atoms with Crippen LogP contribution < -0.4 is 0 Å². The molecule has 0 saturated heterocycles. The van der Waals surface area contributed by atoms with E-state index in [1.165, 1.54) is 142 Å². The molecule has 6 heteroatoms. The van der Waals surface area contributed by atoms with E-state index in [0.29, 0.717) is 19.1 Å². The van der Waals surface area contributed by atoms with Crippen LogP contribution in [0.15, 0.2) is 12.2 Å². The van der Waals surface area contributed by atoms with Crippen molar-refractivity contribution in [1.82, 2.24) is 4.90 Å². The number of unbranched alkanes of at least 4 members (excludes halogenated alkanes) is 19. The molecule has 0 aromatic heterocycles. The van der Waals surface area contributed by atoms with Crippen LogP contribution in [0.25, 0.3) is 0 Å². The average molecular weight is 766 g/mol. The minimum absolute atomic E-state index is 0.0337. The molecule has 0 aliphatic carbocycles. The molecule has 0 amide bonds. The van der Waals surface area contributed by atoms with Gasteiger partial charge in [0.15, 0.2) is 6.29 Å². The van der Waals surface area contributed by atoms with Gasteiger partial charge in [0, 0.05) is 26.2 Å². The van der Waals surface area contributed by atoms with Crippen molar-refractivity contribution in [2.24, 2.45) is 11.8 Å². The second-order valence-corrected chi connectivity index (χ2v) is 16.3. The van der Waals surface area contributed by atoms with Crippen molar-refractivity contribution in [2.45, 2.75) is 233 Å². The van der Waals surface area contributed by atoms with Gasteiger partial charge < -0.3 is 24.2 Å². The third-order valence-corrected chi connectivity index (χ3v) is 11.2. The zero-order valence-electron chi connectivity index (χ0n) is 37.1. The van der Waals surface area contributed by atoms with Crippen LogP contribution in [-0.4, -0.2) is 68.8 Å². The van der Waals surface area contributed by atoms with Crippen LogP contribution in [0.1, 0.15) is 227 Å². The lowest BCUT2D eigenvalue weighted by molar-refractivity contribution is -0.160. The third kappa shape index (κ3) is 34.3. The summed E-state index contributed by atoms with van der Waals surface area (Å²) in [6.07, 6.45) is 41.6. The maximum atomic E-state index is 12.7. The summed E-state index contributed by atoms with van der Waals surface area (Å²) in [6.45, 7) is 14.2. The Kier molecular flexibility index (Phi) is 42.4. The van der Waals surface area contributed by atoms with Gasteiger partial charge in [0.25, 0.3) is 0 Å². The second-order valence-electron chi connectivity index (χ2n) is 16.3. The molecule has 0 fully saturated rings. The molecule has 0 aliphatic heterocycles. The number of hydrogen-bond donors (Lipinski definition) is 1. The molecule has 0 aromatic carbocycles. The largest absolute Gasteiger partial charge is 0.465 e. The van der Waals surface area contributed by atoms with Crippen molar-refractivity contribution in [1.29, 1.82) is 0 Å². The lowest BCUT2D eigenvalue weighted by atomic mass is 9.94. The van der Waals surface area contributed by atoms with Crippen LogP contribution in [0, 0.1) is 11.8 Å². The number of aliphatic hydroxyl groups is 1. The fourth-order valence-corrected chi connectivity index (χ4v) is 7.57. The second kappa shape index (κ2) is 43.2. The van der Waals surface area contributed by atoms with E-state index < -0.39 is 0 Å². The molecule has 2 unspecified atom stereocenters. The highest BCUT2D eigenvalue weighted by atomic mass is 16.7. The molecular weight excluding hydrogens is 671 g/mol. The van der Waals surface area contributed by atoms with Crippen LogP contribution in [0.4, 0.5) is 0 Å². The van der Waals surface area contributed by atoms with E-state index in [9.17, 15) is 9.90 Å². The lowest BCUT2D eigenvalue weighted by Crippen LogP contribution is -2.27. The van der Waals surface area contributed by atoms with E-state index in [0.717, 1.165) is 83.8 Å². The Morgan fingerprint density at radius 1 is 0.537 bits per heavy atom. The summed E-state index contributed by atoms with van der Waals surface area (Å²) in [7, 11) is 1.83. The number of rotatable bonds is 44. The first kappa shape index (κ1) is 53.0. The molecule has 0 heterocycles. The standard InChI is InChI=1S/C48H95NO5/c1-6-10-14-27-37-45(35-12-8-3)47(51)53-43-33-24-20-16-18-22-29-39-49(41-31-26-32-42-50)40-30-23-19-17-21-25-34-44-54-48(52-5)46(36-13-9-4)38-28-15-11-7-2/h16,20,45-46,48,50H,6-15,17-19,21-44H2,1-5H3/b20-16-/t45?,46?,48-/m1/s1. The van der Waals surface area contributed by atoms with Crippen molar-refractivity contribution in [3.05, 3.63) is 12.2 Å². The Hall–Kier alpha value is -0.950. The van der Waals surface area contributed by atoms with Crippen molar-refractivity contribution >= 4 is 5.97 Å². The van der Waals surface area contributed by atoms with Crippen LogP contribution in [0.5, 0.6) is 0 Å². The van der Waals surface area contributed by atoms with Crippen molar-refractivity contribution in [3.63, 3.8) is 0 Å².